The Labute approximate surface area is 112 Å². The molecule has 2 aromatic heterocycles. The van der Waals surface area contributed by atoms with Crippen molar-refractivity contribution in [1.29, 1.82) is 0 Å². The van der Waals surface area contributed by atoms with Gasteiger partial charge < -0.3 is 5.11 Å². The number of rotatable bonds is 3. The van der Waals surface area contributed by atoms with Crippen LogP contribution in [0.3, 0.4) is 0 Å². The Bertz CT molecular complexity index is 579. The Morgan fingerprint density at radius 2 is 2.44 bits per heavy atom. The minimum atomic E-state index is -0.166. The first-order valence-electron chi connectivity index (χ1n) is 5.18. The Balaban J connectivity index is 1.99. The number of aromatic nitrogens is 1. The number of hydrogen-bond donors (Lipinski definition) is 2. The van der Waals surface area contributed by atoms with Crippen LogP contribution in [0, 0.1) is 11.8 Å². The highest BCUT2D eigenvalue weighted by Gasteiger charge is 2.08. The first-order valence-corrected chi connectivity index (χ1v) is 6.94. The number of thiophene rings is 1. The third kappa shape index (κ3) is 3.40. The van der Waals surface area contributed by atoms with Gasteiger partial charge in [-0.3, -0.25) is 10.1 Å². The third-order valence-corrected chi connectivity index (χ3v) is 3.47. The van der Waals surface area contributed by atoms with Gasteiger partial charge >= 0.3 is 0 Å². The number of hydrogen-bond acceptors (Lipinski definition) is 5. The average Bonchev–Trinajstić information content (AvgIpc) is 3.00. The van der Waals surface area contributed by atoms with Crippen LogP contribution in [0.4, 0.5) is 5.13 Å². The van der Waals surface area contributed by atoms with Crippen molar-refractivity contribution >= 4 is 33.7 Å². The van der Waals surface area contributed by atoms with E-state index in [0.717, 1.165) is 4.88 Å². The summed E-state index contributed by atoms with van der Waals surface area (Å²) in [5, 5.41) is 15.5. The normalized spacial score (nSPS) is 9.61. The van der Waals surface area contributed by atoms with Gasteiger partial charge in [-0.25, -0.2) is 4.98 Å². The van der Waals surface area contributed by atoms with E-state index in [2.05, 4.69) is 22.1 Å². The van der Waals surface area contributed by atoms with Crippen LogP contribution in [0.15, 0.2) is 23.0 Å². The molecule has 0 unspecified atom stereocenters. The number of carbonyl (C=O) groups excluding carboxylic acids is 1. The molecule has 92 valence electrons. The smallest absolute Gasteiger partial charge is 0.258 e. The van der Waals surface area contributed by atoms with Gasteiger partial charge in [0, 0.05) is 11.8 Å². The lowest BCUT2D eigenvalue weighted by Crippen LogP contribution is -2.10. The van der Waals surface area contributed by atoms with Crippen LogP contribution in [0.1, 0.15) is 21.7 Å². The Hall–Kier alpha value is -1.68. The van der Waals surface area contributed by atoms with Crippen molar-refractivity contribution in [2.75, 3.05) is 11.9 Å². The SMILES string of the molecule is O=C(Nc1ncc(C#CCCO)s1)c1ccsc1. The Morgan fingerprint density at radius 1 is 1.56 bits per heavy atom. The van der Waals surface area contributed by atoms with Gasteiger partial charge in [0.05, 0.1) is 23.2 Å². The fourth-order valence-electron chi connectivity index (χ4n) is 1.16. The fraction of sp³-hybridized carbons (Fsp3) is 0.167. The van der Waals surface area contributed by atoms with Crippen molar-refractivity contribution < 1.29 is 9.90 Å². The zero-order valence-corrected chi connectivity index (χ0v) is 11.0. The molecule has 2 heterocycles. The van der Waals surface area contributed by atoms with E-state index in [0.29, 0.717) is 17.1 Å². The molecule has 6 heteroatoms. The standard InChI is InChI=1S/C12H10N2O2S2/c15-5-2-1-3-10-7-13-12(18-10)14-11(16)9-4-6-17-8-9/h4,6-8,15H,2,5H2,(H,13,14,16). The summed E-state index contributed by atoms with van der Waals surface area (Å²) in [6.45, 7) is 0.0492. The molecule has 2 aromatic rings. The summed E-state index contributed by atoms with van der Waals surface area (Å²) < 4.78 is 0. The van der Waals surface area contributed by atoms with Gasteiger partial charge in [0.25, 0.3) is 5.91 Å². The van der Waals surface area contributed by atoms with Crippen LogP contribution in [-0.2, 0) is 0 Å². The lowest BCUT2D eigenvalue weighted by Gasteiger charge is -1.97. The number of aliphatic hydroxyl groups is 1. The monoisotopic (exact) mass is 278 g/mol. The number of thiazole rings is 1. The lowest BCUT2D eigenvalue weighted by atomic mass is 10.3. The Morgan fingerprint density at radius 3 is 3.17 bits per heavy atom. The van der Waals surface area contributed by atoms with Crippen molar-refractivity contribution in [3.8, 4) is 11.8 Å². The van der Waals surface area contributed by atoms with Crippen LogP contribution in [-0.4, -0.2) is 22.6 Å². The second-order valence-corrected chi connectivity index (χ2v) is 5.08. The molecule has 2 N–H and O–H groups in total. The van der Waals surface area contributed by atoms with E-state index in [-0.39, 0.29) is 12.5 Å². The molecule has 0 aliphatic carbocycles. The van der Waals surface area contributed by atoms with Crippen LogP contribution in [0.5, 0.6) is 0 Å². The van der Waals surface area contributed by atoms with Gasteiger partial charge in [-0.05, 0) is 11.4 Å². The van der Waals surface area contributed by atoms with Crippen molar-refractivity contribution in [2.45, 2.75) is 6.42 Å². The number of anilines is 1. The molecular weight excluding hydrogens is 268 g/mol. The summed E-state index contributed by atoms with van der Waals surface area (Å²) in [5.41, 5.74) is 0.628. The second-order valence-electron chi connectivity index (χ2n) is 3.27. The molecule has 0 atom stereocenters. The van der Waals surface area contributed by atoms with Gasteiger partial charge in [-0.1, -0.05) is 23.2 Å². The highest BCUT2D eigenvalue weighted by atomic mass is 32.1. The maximum absolute atomic E-state index is 11.7. The highest BCUT2D eigenvalue weighted by molar-refractivity contribution is 7.16. The quantitative estimate of drug-likeness (QED) is 0.846. The molecule has 2 rings (SSSR count). The summed E-state index contributed by atoms with van der Waals surface area (Å²) in [6, 6.07) is 1.76. The van der Waals surface area contributed by atoms with E-state index >= 15 is 0 Å². The van der Waals surface area contributed by atoms with Crippen LogP contribution < -0.4 is 5.32 Å². The van der Waals surface area contributed by atoms with Crippen molar-refractivity contribution in [3.63, 3.8) is 0 Å². The summed E-state index contributed by atoms with van der Waals surface area (Å²) in [7, 11) is 0. The van der Waals surface area contributed by atoms with Crippen molar-refractivity contribution in [1.82, 2.24) is 4.98 Å². The van der Waals surface area contributed by atoms with Crippen molar-refractivity contribution in [2.24, 2.45) is 0 Å². The van der Waals surface area contributed by atoms with Gasteiger partial charge in [0.2, 0.25) is 0 Å². The van der Waals surface area contributed by atoms with Crippen molar-refractivity contribution in [3.05, 3.63) is 33.5 Å². The molecular formula is C12H10N2O2S2. The molecule has 4 nitrogen and oxygen atoms in total. The van der Waals surface area contributed by atoms with Crippen LogP contribution in [0.25, 0.3) is 0 Å². The predicted octanol–water partition coefficient (Wildman–Crippen LogP) is 2.19. The predicted molar refractivity (Wildman–Crippen MR) is 73.0 cm³/mol. The molecule has 0 radical (unpaired) electrons. The maximum Gasteiger partial charge on any atom is 0.258 e. The minimum absolute atomic E-state index is 0.0492. The number of nitrogens with one attached hydrogen (secondary N) is 1. The third-order valence-electron chi connectivity index (χ3n) is 1.96. The van der Waals surface area contributed by atoms with Crippen LogP contribution >= 0.6 is 22.7 Å². The van der Waals surface area contributed by atoms with E-state index in [4.69, 9.17) is 5.11 Å². The molecule has 0 aliphatic rings. The molecule has 18 heavy (non-hydrogen) atoms. The van der Waals surface area contributed by atoms with Crippen LogP contribution in [0.2, 0.25) is 0 Å². The molecule has 0 aromatic carbocycles. The van der Waals surface area contributed by atoms with E-state index < -0.39 is 0 Å². The lowest BCUT2D eigenvalue weighted by molar-refractivity contribution is 0.102. The average molecular weight is 278 g/mol. The molecule has 0 saturated carbocycles. The first-order chi connectivity index (χ1) is 8.79. The zero-order chi connectivity index (χ0) is 12.8. The molecule has 0 bridgehead atoms. The zero-order valence-electron chi connectivity index (χ0n) is 9.34. The number of carbonyl (C=O) groups is 1. The molecule has 1 amide bonds. The van der Waals surface area contributed by atoms with Gasteiger partial charge in [-0.2, -0.15) is 11.3 Å². The van der Waals surface area contributed by atoms with E-state index in [1.165, 1.54) is 22.7 Å². The van der Waals surface area contributed by atoms with E-state index in [1.54, 1.807) is 17.6 Å². The second kappa shape index (κ2) is 6.31. The first kappa shape index (κ1) is 12.8. The molecule has 0 spiro atoms. The molecule has 0 saturated heterocycles. The summed E-state index contributed by atoms with van der Waals surface area (Å²) in [4.78, 5) is 16.6. The summed E-state index contributed by atoms with van der Waals surface area (Å²) >= 11 is 2.79. The van der Waals surface area contributed by atoms with Gasteiger partial charge in [0.15, 0.2) is 5.13 Å². The van der Waals surface area contributed by atoms with E-state index in [1.807, 2.05) is 5.38 Å². The highest BCUT2D eigenvalue weighted by Crippen LogP contribution is 2.18. The maximum atomic E-state index is 11.7. The number of nitrogens with zero attached hydrogens (tertiary/aromatic N) is 1. The number of amides is 1. The van der Waals surface area contributed by atoms with E-state index in [9.17, 15) is 4.79 Å². The Kier molecular flexibility index (Phi) is 4.47. The molecule has 0 fully saturated rings. The summed E-state index contributed by atoms with van der Waals surface area (Å²) in [6.07, 6.45) is 2.05. The molecule has 0 aliphatic heterocycles. The topological polar surface area (TPSA) is 62.2 Å². The largest absolute Gasteiger partial charge is 0.395 e. The summed E-state index contributed by atoms with van der Waals surface area (Å²) in [5.74, 6) is 5.51. The van der Waals surface area contributed by atoms with Gasteiger partial charge in [0.1, 0.15) is 0 Å². The minimum Gasteiger partial charge on any atom is -0.395 e. The number of aliphatic hydroxyl groups excluding tert-OH is 1. The van der Waals surface area contributed by atoms with Gasteiger partial charge in [-0.15, -0.1) is 0 Å². The fourth-order valence-corrected chi connectivity index (χ4v) is 2.48.